The summed E-state index contributed by atoms with van der Waals surface area (Å²) in [5.41, 5.74) is 2.66. The second kappa shape index (κ2) is 8.27. The number of rotatable bonds is 6. The first kappa shape index (κ1) is 18.3. The molecule has 3 aromatic rings. The van der Waals surface area contributed by atoms with Crippen LogP contribution in [0.1, 0.15) is 15.9 Å². The van der Waals surface area contributed by atoms with E-state index in [4.69, 9.17) is 0 Å². The van der Waals surface area contributed by atoms with Crippen molar-refractivity contribution in [2.75, 3.05) is 0 Å². The van der Waals surface area contributed by atoms with Gasteiger partial charge in [-0.1, -0.05) is 66.7 Å². The van der Waals surface area contributed by atoms with Gasteiger partial charge in [0.25, 0.3) is 5.91 Å². The normalized spacial score (nSPS) is 11.6. The Kier molecular flexibility index (Phi) is 5.61. The zero-order valence-corrected chi connectivity index (χ0v) is 14.4. The van der Waals surface area contributed by atoms with Crippen LogP contribution in [0.3, 0.4) is 0 Å². The summed E-state index contributed by atoms with van der Waals surface area (Å²) in [5.74, 6) is -2.61. The van der Waals surface area contributed by atoms with E-state index in [1.54, 1.807) is 0 Å². The molecular formula is C22H18FNO3. The zero-order valence-electron chi connectivity index (χ0n) is 14.4. The van der Waals surface area contributed by atoms with Crippen molar-refractivity contribution in [1.29, 1.82) is 0 Å². The standard InChI is InChI=1S/C22H18FNO3/c23-19-9-5-4-8-18(19)21(25)24-20(22(26)27)14-15-10-12-17(13-11-15)16-6-2-1-3-7-16/h1-13,20H,14H2,(H,24,25)(H,26,27)/t20-/m0/s1. The van der Waals surface area contributed by atoms with Crippen molar-refractivity contribution in [3.05, 3.63) is 95.8 Å². The van der Waals surface area contributed by atoms with Gasteiger partial charge in [-0.05, 0) is 28.8 Å². The Balaban J connectivity index is 1.72. The first-order valence-corrected chi connectivity index (χ1v) is 8.47. The number of carboxylic acid groups (broad SMARTS) is 1. The quantitative estimate of drug-likeness (QED) is 0.698. The first-order chi connectivity index (χ1) is 13.0. The van der Waals surface area contributed by atoms with Crippen LogP contribution in [-0.4, -0.2) is 23.0 Å². The lowest BCUT2D eigenvalue weighted by Crippen LogP contribution is -2.42. The summed E-state index contributed by atoms with van der Waals surface area (Å²) in [5, 5.41) is 11.8. The Morgan fingerprint density at radius 1 is 0.852 bits per heavy atom. The number of carbonyl (C=O) groups is 2. The van der Waals surface area contributed by atoms with Crippen LogP contribution in [0.25, 0.3) is 11.1 Å². The molecule has 0 unspecified atom stereocenters. The molecule has 0 bridgehead atoms. The van der Waals surface area contributed by atoms with Crippen molar-refractivity contribution in [2.24, 2.45) is 0 Å². The summed E-state index contributed by atoms with van der Waals surface area (Å²) in [7, 11) is 0. The monoisotopic (exact) mass is 363 g/mol. The van der Waals surface area contributed by atoms with E-state index in [1.807, 2.05) is 54.6 Å². The third-order valence-corrected chi connectivity index (χ3v) is 4.22. The Morgan fingerprint density at radius 3 is 2.07 bits per heavy atom. The van der Waals surface area contributed by atoms with Crippen LogP contribution in [0.5, 0.6) is 0 Å². The van der Waals surface area contributed by atoms with E-state index >= 15 is 0 Å². The molecule has 0 aliphatic rings. The van der Waals surface area contributed by atoms with Gasteiger partial charge in [0.05, 0.1) is 5.56 Å². The van der Waals surface area contributed by atoms with E-state index < -0.39 is 23.7 Å². The molecule has 3 rings (SSSR count). The molecule has 0 aromatic heterocycles. The molecule has 0 aliphatic heterocycles. The molecule has 27 heavy (non-hydrogen) atoms. The highest BCUT2D eigenvalue weighted by Gasteiger charge is 2.22. The summed E-state index contributed by atoms with van der Waals surface area (Å²) in [6.45, 7) is 0. The summed E-state index contributed by atoms with van der Waals surface area (Å²) in [4.78, 5) is 23.7. The van der Waals surface area contributed by atoms with Crippen LogP contribution >= 0.6 is 0 Å². The number of benzene rings is 3. The van der Waals surface area contributed by atoms with E-state index in [1.165, 1.54) is 18.2 Å². The van der Waals surface area contributed by atoms with Gasteiger partial charge in [-0.15, -0.1) is 0 Å². The molecule has 2 N–H and O–H groups in total. The van der Waals surface area contributed by atoms with Gasteiger partial charge in [-0.25, -0.2) is 9.18 Å². The van der Waals surface area contributed by atoms with Crippen LogP contribution in [0.15, 0.2) is 78.9 Å². The smallest absolute Gasteiger partial charge is 0.326 e. The molecular weight excluding hydrogens is 345 g/mol. The third kappa shape index (κ3) is 4.58. The number of halogens is 1. The average molecular weight is 363 g/mol. The number of amides is 1. The lowest BCUT2D eigenvalue weighted by Gasteiger charge is -2.15. The fourth-order valence-corrected chi connectivity index (χ4v) is 2.78. The maximum Gasteiger partial charge on any atom is 0.326 e. The highest BCUT2D eigenvalue weighted by atomic mass is 19.1. The van der Waals surface area contributed by atoms with Gasteiger partial charge in [-0.2, -0.15) is 0 Å². The van der Waals surface area contributed by atoms with Crippen LogP contribution in [0.4, 0.5) is 4.39 Å². The minimum Gasteiger partial charge on any atom is -0.480 e. The molecule has 136 valence electrons. The molecule has 0 aliphatic carbocycles. The fourth-order valence-electron chi connectivity index (χ4n) is 2.78. The van der Waals surface area contributed by atoms with Crippen LogP contribution in [-0.2, 0) is 11.2 Å². The highest BCUT2D eigenvalue weighted by molar-refractivity contribution is 5.96. The van der Waals surface area contributed by atoms with Gasteiger partial charge in [0.2, 0.25) is 0 Å². The van der Waals surface area contributed by atoms with Gasteiger partial charge in [0, 0.05) is 6.42 Å². The number of nitrogens with one attached hydrogen (secondary N) is 1. The maximum absolute atomic E-state index is 13.7. The average Bonchev–Trinajstić information content (AvgIpc) is 2.69. The number of aliphatic carboxylic acids is 1. The molecule has 0 saturated heterocycles. The summed E-state index contributed by atoms with van der Waals surface area (Å²) >= 11 is 0. The second-order valence-corrected chi connectivity index (χ2v) is 6.11. The Bertz CT molecular complexity index is 939. The van der Waals surface area contributed by atoms with Crippen LogP contribution < -0.4 is 5.32 Å². The minimum absolute atomic E-state index is 0.102. The Morgan fingerprint density at radius 2 is 1.44 bits per heavy atom. The summed E-state index contributed by atoms with van der Waals surface area (Å²) in [6.07, 6.45) is 0.102. The van der Waals surface area contributed by atoms with Gasteiger partial charge in [0.1, 0.15) is 11.9 Å². The molecule has 0 radical (unpaired) electrons. The lowest BCUT2D eigenvalue weighted by molar-refractivity contribution is -0.139. The van der Waals surface area contributed by atoms with E-state index in [2.05, 4.69) is 5.32 Å². The van der Waals surface area contributed by atoms with Crippen molar-refractivity contribution in [2.45, 2.75) is 12.5 Å². The second-order valence-electron chi connectivity index (χ2n) is 6.11. The molecule has 4 nitrogen and oxygen atoms in total. The molecule has 0 heterocycles. The largest absolute Gasteiger partial charge is 0.480 e. The van der Waals surface area contributed by atoms with Gasteiger partial charge in [-0.3, -0.25) is 4.79 Å². The number of carbonyl (C=O) groups excluding carboxylic acids is 1. The lowest BCUT2D eigenvalue weighted by atomic mass is 10.0. The summed E-state index contributed by atoms with van der Waals surface area (Å²) in [6, 6.07) is 21.6. The number of carboxylic acids is 1. The highest BCUT2D eigenvalue weighted by Crippen LogP contribution is 2.20. The topological polar surface area (TPSA) is 66.4 Å². The Labute approximate surface area is 156 Å². The number of hydrogen-bond acceptors (Lipinski definition) is 2. The first-order valence-electron chi connectivity index (χ1n) is 8.47. The zero-order chi connectivity index (χ0) is 19.2. The molecule has 3 aromatic carbocycles. The van der Waals surface area contributed by atoms with E-state index in [9.17, 15) is 19.1 Å². The van der Waals surface area contributed by atoms with Crippen molar-refractivity contribution in [1.82, 2.24) is 5.32 Å². The van der Waals surface area contributed by atoms with Crippen molar-refractivity contribution in [3.8, 4) is 11.1 Å². The van der Waals surface area contributed by atoms with Gasteiger partial charge in [0.15, 0.2) is 0 Å². The van der Waals surface area contributed by atoms with E-state index in [0.29, 0.717) is 0 Å². The Hall–Kier alpha value is -3.47. The van der Waals surface area contributed by atoms with Crippen LogP contribution in [0, 0.1) is 5.82 Å². The van der Waals surface area contributed by atoms with Crippen molar-refractivity contribution in [3.63, 3.8) is 0 Å². The SMILES string of the molecule is O=C(N[C@@H](Cc1ccc(-c2ccccc2)cc1)C(=O)O)c1ccccc1F. The van der Waals surface area contributed by atoms with Gasteiger partial charge >= 0.3 is 5.97 Å². The van der Waals surface area contributed by atoms with Crippen LogP contribution in [0.2, 0.25) is 0 Å². The van der Waals surface area contributed by atoms with Crippen molar-refractivity contribution < 1.29 is 19.1 Å². The summed E-state index contributed by atoms with van der Waals surface area (Å²) < 4.78 is 13.7. The predicted molar refractivity (Wildman–Crippen MR) is 101 cm³/mol. The molecule has 0 fully saturated rings. The maximum atomic E-state index is 13.7. The molecule has 5 heteroatoms. The van der Waals surface area contributed by atoms with E-state index in [-0.39, 0.29) is 12.0 Å². The predicted octanol–water partition coefficient (Wildman–Crippen LogP) is 3.92. The number of hydrogen-bond donors (Lipinski definition) is 2. The third-order valence-electron chi connectivity index (χ3n) is 4.22. The van der Waals surface area contributed by atoms with Crippen molar-refractivity contribution >= 4 is 11.9 Å². The van der Waals surface area contributed by atoms with E-state index in [0.717, 1.165) is 22.8 Å². The molecule has 0 saturated carbocycles. The molecule has 1 atom stereocenters. The van der Waals surface area contributed by atoms with Gasteiger partial charge < -0.3 is 10.4 Å². The minimum atomic E-state index is -1.17. The molecule has 0 spiro atoms. The fraction of sp³-hybridized carbons (Fsp3) is 0.0909. The molecule has 1 amide bonds.